The van der Waals surface area contributed by atoms with Gasteiger partial charge in [0, 0.05) is 22.1 Å². The average Bonchev–Trinajstić information content (AvgIpc) is 3.96. The van der Waals surface area contributed by atoms with Gasteiger partial charge in [-0.2, -0.15) is 0 Å². The van der Waals surface area contributed by atoms with Gasteiger partial charge in [-0.3, -0.25) is 0 Å². The third-order valence-corrected chi connectivity index (χ3v) is 15.6. The second kappa shape index (κ2) is 13.8. The van der Waals surface area contributed by atoms with E-state index in [1.165, 1.54) is 122 Å². The van der Waals surface area contributed by atoms with Crippen LogP contribution < -0.4 is 0 Å². The van der Waals surface area contributed by atoms with Crippen molar-refractivity contribution < 1.29 is 0 Å². The first-order valence-electron chi connectivity index (χ1n) is 23.4. The topological polar surface area (TPSA) is 4.93 Å². The Kier molecular flexibility index (Phi) is 7.79. The van der Waals surface area contributed by atoms with Gasteiger partial charge in [-0.1, -0.05) is 226 Å². The third kappa shape index (κ3) is 4.90. The SMILES string of the molecule is CC1(C)c2ccccc2-c2cc(C(c3ccc(-c4ccccc4)cc3)c3ccccc3-c3cccc4c3C3(c5ccccc5-4)c4ccccc4-n4c5ccccc5c5cccc3c54)ccc21. The molecule has 0 saturated heterocycles. The Hall–Kier alpha value is -8.00. The molecule has 1 spiro atoms. The van der Waals surface area contributed by atoms with Crippen LogP contribution in [-0.4, -0.2) is 4.57 Å². The van der Waals surface area contributed by atoms with Gasteiger partial charge in [-0.05, 0) is 113 Å². The van der Waals surface area contributed by atoms with Crippen LogP contribution in [0, 0.1) is 0 Å². The zero-order valence-corrected chi connectivity index (χ0v) is 37.0. The third-order valence-electron chi connectivity index (χ3n) is 15.6. The Morgan fingerprint density at radius 3 is 1.73 bits per heavy atom. The van der Waals surface area contributed by atoms with Gasteiger partial charge in [0.15, 0.2) is 0 Å². The van der Waals surface area contributed by atoms with Crippen molar-refractivity contribution >= 4 is 21.8 Å². The molecule has 0 radical (unpaired) electrons. The number of hydrogen-bond donors (Lipinski definition) is 0. The number of nitrogens with zero attached hydrogens (tertiary/aromatic N) is 1. The second-order valence-electron chi connectivity index (χ2n) is 19.1. The van der Waals surface area contributed by atoms with Gasteiger partial charge >= 0.3 is 0 Å². The van der Waals surface area contributed by atoms with Gasteiger partial charge in [0.2, 0.25) is 0 Å². The summed E-state index contributed by atoms with van der Waals surface area (Å²) in [7, 11) is 0. The Balaban J connectivity index is 1.06. The molecule has 14 rings (SSSR count). The van der Waals surface area contributed by atoms with Crippen molar-refractivity contribution in [2.45, 2.75) is 30.6 Å². The molecule has 3 aliphatic rings. The van der Waals surface area contributed by atoms with E-state index in [0.29, 0.717) is 0 Å². The van der Waals surface area contributed by atoms with Crippen LogP contribution in [0.25, 0.3) is 72.0 Å². The summed E-state index contributed by atoms with van der Waals surface area (Å²) in [6, 6.07) is 87.3. The number of fused-ring (bicyclic) bond motifs is 15. The summed E-state index contributed by atoms with van der Waals surface area (Å²) in [4.78, 5) is 0. The molecule has 2 heterocycles. The largest absolute Gasteiger partial charge is 0.309 e. The quantitative estimate of drug-likeness (QED) is 0.152. The maximum Gasteiger partial charge on any atom is 0.0760 e. The van der Waals surface area contributed by atoms with Gasteiger partial charge in [0.25, 0.3) is 0 Å². The number of hydrogen-bond acceptors (Lipinski definition) is 0. The summed E-state index contributed by atoms with van der Waals surface area (Å²) >= 11 is 0. The minimum Gasteiger partial charge on any atom is -0.309 e. The van der Waals surface area contributed by atoms with Crippen LogP contribution in [-0.2, 0) is 10.8 Å². The lowest BCUT2D eigenvalue weighted by atomic mass is 9.63. The van der Waals surface area contributed by atoms with E-state index in [0.717, 1.165) is 0 Å². The summed E-state index contributed by atoms with van der Waals surface area (Å²) in [5.41, 5.74) is 25.4. The number of benzene rings is 10. The highest BCUT2D eigenvalue weighted by Crippen LogP contribution is 2.63. The molecule has 2 aliphatic carbocycles. The van der Waals surface area contributed by atoms with Crippen LogP contribution in [0.15, 0.2) is 231 Å². The van der Waals surface area contributed by atoms with E-state index in [1.54, 1.807) is 0 Å². The first kappa shape index (κ1) is 37.4. The zero-order chi connectivity index (χ0) is 43.7. The monoisotopic (exact) mass is 839 g/mol. The van der Waals surface area contributed by atoms with E-state index in [4.69, 9.17) is 0 Å². The summed E-state index contributed by atoms with van der Waals surface area (Å²) in [5, 5.41) is 2.58. The number of para-hydroxylation sites is 3. The van der Waals surface area contributed by atoms with Crippen molar-refractivity contribution in [3.63, 3.8) is 0 Å². The summed E-state index contributed by atoms with van der Waals surface area (Å²) in [6.45, 7) is 4.75. The van der Waals surface area contributed by atoms with Crippen LogP contribution in [0.2, 0.25) is 0 Å². The smallest absolute Gasteiger partial charge is 0.0760 e. The molecule has 1 aliphatic heterocycles. The minimum atomic E-state index is -0.578. The molecule has 10 aromatic carbocycles. The molecule has 0 saturated carbocycles. The normalized spacial score (nSPS) is 16.2. The molecule has 2 unspecified atom stereocenters. The highest BCUT2D eigenvalue weighted by molar-refractivity contribution is 6.13. The fourth-order valence-electron chi connectivity index (χ4n) is 12.8. The molecular formula is C65H45N. The van der Waals surface area contributed by atoms with Crippen molar-refractivity contribution in [2.75, 3.05) is 0 Å². The summed E-state index contributed by atoms with van der Waals surface area (Å²) < 4.78 is 2.54. The summed E-state index contributed by atoms with van der Waals surface area (Å²) in [6.07, 6.45) is 0. The van der Waals surface area contributed by atoms with Gasteiger partial charge in [-0.15, -0.1) is 0 Å². The first-order valence-corrected chi connectivity index (χ1v) is 23.4. The lowest BCUT2D eigenvalue weighted by Gasteiger charge is -2.40. The molecule has 66 heavy (non-hydrogen) atoms. The Labute approximate surface area is 385 Å². The van der Waals surface area contributed by atoms with E-state index in [9.17, 15) is 0 Å². The molecule has 310 valence electrons. The fraction of sp³-hybridized carbons (Fsp3) is 0.0769. The maximum absolute atomic E-state index is 2.54. The zero-order valence-electron chi connectivity index (χ0n) is 37.0. The Bertz CT molecular complexity index is 3790. The van der Waals surface area contributed by atoms with Crippen molar-refractivity contribution in [1.82, 2.24) is 4.57 Å². The van der Waals surface area contributed by atoms with E-state index in [-0.39, 0.29) is 11.3 Å². The average molecular weight is 840 g/mol. The maximum atomic E-state index is 2.54. The van der Waals surface area contributed by atoms with Crippen LogP contribution in [0.1, 0.15) is 69.8 Å². The first-order chi connectivity index (χ1) is 32.5. The standard InChI is InChI=1S/C65H45N/c1-64(2)54-28-11-8-22-47(54)53-40-44(38-39-55(53)64)61(43-36-34-42(35-37-43)41-18-4-3-5-19-41)49-24-7-6-20-45(49)50-25-16-26-51-46-21-9-12-29-56(46)65(62(50)51)57-30-13-15-33-60(57)66-59-32-14-10-23-48(59)52-27-17-31-58(65)63(52)66/h3-40,61H,1-2H3. The summed E-state index contributed by atoms with van der Waals surface area (Å²) in [5.74, 6) is -0.0487. The van der Waals surface area contributed by atoms with Crippen molar-refractivity contribution in [3.05, 3.63) is 281 Å². The van der Waals surface area contributed by atoms with Crippen molar-refractivity contribution in [1.29, 1.82) is 0 Å². The van der Waals surface area contributed by atoms with Crippen LogP contribution >= 0.6 is 0 Å². The van der Waals surface area contributed by atoms with Crippen molar-refractivity contribution in [3.8, 4) is 50.2 Å². The molecule has 1 nitrogen and oxygen atoms in total. The predicted octanol–water partition coefficient (Wildman–Crippen LogP) is 16.3. The van der Waals surface area contributed by atoms with E-state index < -0.39 is 5.41 Å². The van der Waals surface area contributed by atoms with E-state index >= 15 is 0 Å². The van der Waals surface area contributed by atoms with Gasteiger partial charge in [-0.25, -0.2) is 0 Å². The molecule has 0 N–H and O–H groups in total. The minimum absolute atomic E-state index is 0.0487. The van der Waals surface area contributed by atoms with Crippen LogP contribution in [0.5, 0.6) is 0 Å². The fourth-order valence-corrected chi connectivity index (χ4v) is 12.8. The predicted molar refractivity (Wildman–Crippen MR) is 274 cm³/mol. The van der Waals surface area contributed by atoms with Gasteiger partial charge < -0.3 is 4.57 Å². The van der Waals surface area contributed by atoms with Crippen LogP contribution in [0.4, 0.5) is 0 Å². The Morgan fingerprint density at radius 1 is 0.364 bits per heavy atom. The number of rotatable bonds is 5. The van der Waals surface area contributed by atoms with Gasteiger partial charge in [0.1, 0.15) is 0 Å². The molecule has 0 bridgehead atoms. The van der Waals surface area contributed by atoms with E-state index in [1.807, 2.05) is 0 Å². The molecule has 11 aromatic rings. The van der Waals surface area contributed by atoms with Crippen molar-refractivity contribution in [2.24, 2.45) is 0 Å². The highest BCUT2D eigenvalue weighted by Gasteiger charge is 2.52. The second-order valence-corrected chi connectivity index (χ2v) is 19.1. The molecule has 0 amide bonds. The molecular weight excluding hydrogens is 795 g/mol. The van der Waals surface area contributed by atoms with Gasteiger partial charge in [0.05, 0.1) is 22.1 Å². The lowest BCUT2D eigenvalue weighted by Crippen LogP contribution is -2.34. The van der Waals surface area contributed by atoms with E-state index in [2.05, 4.69) is 249 Å². The molecule has 0 fully saturated rings. The highest BCUT2D eigenvalue weighted by atomic mass is 15.0. The molecule has 1 heteroatoms. The van der Waals surface area contributed by atoms with Crippen LogP contribution in [0.3, 0.4) is 0 Å². The Morgan fingerprint density at radius 2 is 0.909 bits per heavy atom. The molecule has 2 atom stereocenters. The lowest BCUT2D eigenvalue weighted by molar-refractivity contribution is 0.660. The molecule has 1 aromatic heterocycles. The number of aromatic nitrogens is 1.